The first kappa shape index (κ1) is 19.8. The van der Waals surface area contributed by atoms with Gasteiger partial charge in [-0.15, -0.1) is 11.3 Å². The van der Waals surface area contributed by atoms with Gasteiger partial charge in [0.25, 0.3) is 0 Å². The maximum atomic E-state index is 12.9. The maximum absolute atomic E-state index is 12.9. The molecule has 0 spiro atoms. The number of fused-ring (bicyclic) bond motifs is 2. The first-order valence-electron chi connectivity index (χ1n) is 9.00. The van der Waals surface area contributed by atoms with Crippen LogP contribution in [0.5, 0.6) is 0 Å². The van der Waals surface area contributed by atoms with Crippen molar-refractivity contribution in [3.63, 3.8) is 0 Å². The number of hydrogen-bond acceptors (Lipinski definition) is 6. The van der Waals surface area contributed by atoms with Crippen LogP contribution in [0.1, 0.15) is 11.6 Å². The largest absolute Gasteiger partial charge is 0.419 e. The van der Waals surface area contributed by atoms with Gasteiger partial charge in [-0.3, -0.25) is 4.57 Å². The summed E-state index contributed by atoms with van der Waals surface area (Å²) in [6.45, 7) is 0.221. The molecule has 1 N–H and O–H groups in total. The Hall–Kier alpha value is -2.46. The lowest BCUT2D eigenvalue weighted by Gasteiger charge is -2.24. The molecule has 0 saturated heterocycles. The number of thiophene rings is 1. The first-order valence-corrected chi connectivity index (χ1v) is 11.4. The van der Waals surface area contributed by atoms with Crippen LogP contribution in [-0.2, 0) is 17.1 Å². The molecule has 29 heavy (non-hydrogen) atoms. The topological polar surface area (TPSA) is 84.6 Å². The van der Waals surface area contributed by atoms with Crippen LogP contribution in [0, 0.1) is 0 Å². The minimum Gasteiger partial charge on any atom is -0.408 e. The highest BCUT2D eigenvalue weighted by molar-refractivity contribution is 7.89. The van der Waals surface area contributed by atoms with E-state index in [1.807, 2.05) is 31.1 Å². The van der Waals surface area contributed by atoms with Gasteiger partial charge in [-0.1, -0.05) is 18.2 Å². The molecule has 0 aliphatic carbocycles. The molecule has 152 valence electrons. The third kappa shape index (κ3) is 3.62. The van der Waals surface area contributed by atoms with Crippen LogP contribution in [0.25, 0.3) is 21.2 Å². The summed E-state index contributed by atoms with van der Waals surface area (Å²) in [6.07, 6.45) is 0. The SMILES string of the molecule is CN(C)[C@H](CNS(=O)(=O)c1ccc2oc(=O)n(C)c2c1)c1csc2ccccc12. The van der Waals surface area contributed by atoms with Crippen LogP contribution in [0.3, 0.4) is 0 Å². The Bertz CT molecular complexity index is 1350. The van der Waals surface area contributed by atoms with E-state index in [0.29, 0.717) is 11.1 Å². The van der Waals surface area contributed by atoms with Gasteiger partial charge in [-0.05, 0) is 54.7 Å². The molecule has 0 radical (unpaired) electrons. The molecule has 0 bridgehead atoms. The van der Waals surface area contributed by atoms with E-state index in [2.05, 4.69) is 22.2 Å². The number of benzene rings is 2. The van der Waals surface area contributed by atoms with E-state index in [1.165, 1.54) is 27.5 Å². The fourth-order valence-corrected chi connectivity index (χ4v) is 5.44. The van der Waals surface area contributed by atoms with Crippen LogP contribution in [-0.4, -0.2) is 38.5 Å². The highest BCUT2D eigenvalue weighted by atomic mass is 32.2. The average Bonchev–Trinajstić information content (AvgIpc) is 3.23. The molecule has 4 aromatic rings. The second kappa shape index (κ2) is 7.42. The predicted octanol–water partition coefficient (Wildman–Crippen LogP) is 2.93. The third-order valence-corrected chi connectivity index (χ3v) is 7.44. The molecule has 2 aromatic heterocycles. The number of likely N-dealkylation sites (N-methyl/N-ethyl adjacent to an activating group) is 1. The summed E-state index contributed by atoms with van der Waals surface area (Å²) in [4.78, 5) is 13.7. The van der Waals surface area contributed by atoms with Crippen LogP contribution >= 0.6 is 11.3 Å². The van der Waals surface area contributed by atoms with E-state index in [0.717, 1.165) is 10.9 Å². The lowest BCUT2D eigenvalue weighted by Crippen LogP contribution is -2.34. The standard InChI is InChI=1S/C20H21N3O4S2/c1-22(2)17(15-12-28-19-7-5-4-6-14(15)19)11-21-29(25,26)13-8-9-18-16(10-13)23(3)20(24)27-18/h4-10,12,17,21H,11H2,1-3H3/t17-/m1/s1. The Morgan fingerprint density at radius 2 is 1.97 bits per heavy atom. The summed E-state index contributed by atoms with van der Waals surface area (Å²) in [7, 11) is 1.64. The number of hydrogen-bond donors (Lipinski definition) is 1. The number of aryl methyl sites for hydroxylation is 1. The lowest BCUT2D eigenvalue weighted by molar-refractivity contribution is 0.301. The molecule has 9 heteroatoms. The molecule has 0 saturated carbocycles. The number of aromatic nitrogens is 1. The van der Waals surface area contributed by atoms with Crippen LogP contribution in [0.4, 0.5) is 0 Å². The summed E-state index contributed by atoms with van der Waals surface area (Å²) in [6, 6.07) is 12.4. The zero-order valence-corrected chi connectivity index (χ0v) is 17.9. The number of sulfonamides is 1. The smallest absolute Gasteiger partial charge is 0.408 e. The van der Waals surface area contributed by atoms with Crippen molar-refractivity contribution in [3.8, 4) is 0 Å². The van der Waals surface area contributed by atoms with Crippen molar-refractivity contribution in [2.75, 3.05) is 20.6 Å². The van der Waals surface area contributed by atoms with Crippen molar-refractivity contribution in [2.45, 2.75) is 10.9 Å². The molecule has 0 unspecified atom stereocenters. The minimum atomic E-state index is -3.76. The Morgan fingerprint density at radius 1 is 1.21 bits per heavy atom. The monoisotopic (exact) mass is 431 g/mol. The van der Waals surface area contributed by atoms with Gasteiger partial charge in [0.05, 0.1) is 10.4 Å². The van der Waals surface area contributed by atoms with Crippen molar-refractivity contribution in [1.29, 1.82) is 0 Å². The summed E-state index contributed by atoms with van der Waals surface area (Å²) < 4.78 is 36.1. The van der Waals surface area contributed by atoms with Crippen molar-refractivity contribution < 1.29 is 12.8 Å². The van der Waals surface area contributed by atoms with Crippen molar-refractivity contribution in [2.24, 2.45) is 7.05 Å². The number of nitrogens with zero attached hydrogens (tertiary/aromatic N) is 2. The average molecular weight is 432 g/mol. The number of rotatable bonds is 6. The quantitative estimate of drug-likeness (QED) is 0.507. The van der Waals surface area contributed by atoms with E-state index in [1.54, 1.807) is 18.4 Å². The van der Waals surface area contributed by atoms with E-state index in [-0.39, 0.29) is 17.5 Å². The van der Waals surface area contributed by atoms with Gasteiger partial charge in [0.2, 0.25) is 10.0 Å². The molecular formula is C20H21N3O4S2. The van der Waals surface area contributed by atoms with E-state index >= 15 is 0 Å². The predicted molar refractivity (Wildman–Crippen MR) is 115 cm³/mol. The molecule has 7 nitrogen and oxygen atoms in total. The first-order chi connectivity index (χ1) is 13.8. The minimum absolute atomic E-state index is 0.0917. The Balaban J connectivity index is 1.63. The van der Waals surface area contributed by atoms with Gasteiger partial charge < -0.3 is 9.32 Å². The van der Waals surface area contributed by atoms with Crippen molar-refractivity contribution >= 4 is 42.5 Å². The Morgan fingerprint density at radius 3 is 2.72 bits per heavy atom. The highest BCUT2D eigenvalue weighted by Gasteiger charge is 2.23. The van der Waals surface area contributed by atoms with E-state index in [4.69, 9.17) is 4.42 Å². The summed E-state index contributed by atoms with van der Waals surface area (Å²) in [5.41, 5.74) is 1.88. The molecule has 1 atom stereocenters. The van der Waals surface area contributed by atoms with Crippen molar-refractivity contribution in [1.82, 2.24) is 14.2 Å². The zero-order chi connectivity index (χ0) is 20.8. The normalized spacial score (nSPS) is 13.5. The van der Waals surface area contributed by atoms with E-state index < -0.39 is 15.8 Å². The molecule has 0 aliphatic heterocycles. The second-order valence-corrected chi connectivity index (χ2v) is 9.75. The summed E-state index contributed by atoms with van der Waals surface area (Å²) in [5, 5.41) is 3.21. The Kier molecular flexibility index (Phi) is 5.07. The van der Waals surface area contributed by atoms with Crippen molar-refractivity contribution in [3.05, 3.63) is 64.0 Å². The van der Waals surface area contributed by atoms with Crippen LogP contribution in [0.15, 0.2) is 62.0 Å². The molecule has 0 aliphatic rings. The second-order valence-electron chi connectivity index (χ2n) is 7.08. The van der Waals surface area contributed by atoms with Gasteiger partial charge in [-0.25, -0.2) is 17.9 Å². The number of oxazole rings is 1. The van der Waals surface area contributed by atoms with Crippen LogP contribution in [0.2, 0.25) is 0 Å². The fraction of sp³-hybridized carbons (Fsp3) is 0.250. The molecule has 0 fully saturated rings. The van der Waals surface area contributed by atoms with Gasteiger partial charge in [0.15, 0.2) is 5.58 Å². The maximum Gasteiger partial charge on any atom is 0.419 e. The fourth-order valence-electron chi connectivity index (χ4n) is 3.37. The number of nitrogens with one attached hydrogen (secondary N) is 1. The zero-order valence-electron chi connectivity index (χ0n) is 16.2. The van der Waals surface area contributed by atoms with Crippen LogP contribution < -0.4 is 10.5 Å². The molecule has 2 heterocycles. The molecular weight excluding hydrogens is 410 g/mol. The third-order valence-electron chi connectivity index (χ3n) is 5.03. The lowest BCUT2D eigenvalue weighted by atomic mass is 10.1. The van der Waals surface area contributed by atoms with Gasteiger partial charge in [-0.2, -0.15) is 0 Å². The van der Waals surface area contributed by atoms with Gasteiger partial charge in [0, 0.05) is 24.3 Å². The molecule has 0 amide bonds. The highest BCUT2D eigenvalue weighted by Crippen LogP contribution is 2.32. The molecule has 2 aromatic carbocycles. The molecule has 4 rings (SSSR count). The van der Waals surface area contributed by atoms with Gasteiger partial charge >= 0.3 is 5.76 Å². The van der Waals surface area contributed by atoms with E-state index in [9.17, 15) is 13.2 Å². The summed E-state index contributed by atoms with van der Waals surface area (Å²) >= 11 is 1.65. The summed E-state index contributed by atoms with van der Waals surface area (Å²) in [5.74, 6) is -0.528. The van der Waals surface area contributed by atoms with Gasteiger partial charge in [0.1, 0.15) is 0 Å². The Labute approximate surface area is 172 Å².